The third-order valence-electron chi connectivity index (χ3n) is 4.90. The molecule has 1 aromatic carbocycles. The van der Waals surface area contributed by atoms with Gasteiger partial charge in [0.15, 0.2) is 0 Å². The molecule has 0 N–H and O–H groups in total. The Kier molecular flexibility index (Phi) is 6.07. The van der Waals surface area contributed by atoms with Crippen molar-refractivity contribution in [2.24, 2.45) is 5.92 Å². The van der Waals surface area contributed by atoms with Crippen molar-refractivity contribution in [2.75, 3.05) is 19.7 Å². The molecule has 160 valence electrons. The summed E-state index contributed by atoms with van der Waals surface area (Å²) in [4.78, 5) is 31.7. The number of nitrogens with zero attached hydrogens (tertiary/aromatic N) is 2. The molecule has 2 fully saturated rings. The van der Waals surface area contributed by atoms with Crippen LogP contribution in [0.3, 0.4) is 0 Å². The Balaban J connectivity index is 1.68. The highest BCUT2D eigenvalue weighted by molar-refractivity contribution is 5.80. The molecule has 0 radical (unpaired) electrons. The Morgan fingerprint density at radius 2 is 1.79 bits per heavy atom. The molecule has 2 amide bonds. The van der Waals surface area contributed by atoms with Gasteiger partial charge in [-0.1, -0.05) is 0 Å². The number of rotatable bonds is 2. The summed E-state index contributed by atoms with van der Waals surface area (Å²) >= 11 is 0. The second-order valence-corrected chi connectivity index (χ2v) is 8.34. The quantitative estimate of drug-likeness (QED) is 0.739. The molecule has 0 spiro atoms. The van der Waals surface area contributed by atoms with Gasteiger partial charge in [-0.3, -0.25) is 9.63 Å². The number of alkyl halides is 1. The van der Waals surface area contributed by atoms with Crippen molar-refractivity contribution in [3.63, 3.8) is 0 Å². The fourth-order valence-corrected chi connectivity index (χ4v) is 3.60. The lowest BCUT2D eigenvalue weighted by atomic mass is 9.93. The molecule has 1 unspecified atom stereocenters. The van der Waals surface area contributed by atoms with E-state index in [-0.39, 0.29) is 31.7 Å². The van der Waals surface area contributed by atoms with Crippen LogP contribution >= 0.6 is 0 Å². The minimum Gasteiger partial charge on any atom is -0.444 e. The Morgan fingerprint density at radius 1 is 1.14 bits per heavy atom. The fourth-order valence-electron chi connectivity index (χ4n) is 3.60. The monoisotopic (exact) mass is 414 g/mol. The molecule has 0 bridgehead atoms. The Bertz CT molecular complexity index is 763. The Morgan fingerprint density at radius 3 is 2.38 bits per heavy atom. The van der Waals surface area contributed by atoms with Crippen LogP contribution in [0.2, 0.25) is 0 Å². The molecule has 3 atom stereocenters. The molecule has 9 heteroatoms. The fraction of sp³-hybridized carbons (Fsp3) is 0.600. The molecule has 1 aromatic rings. The molecule has 2 saturated heterocycles. The van der Waals surface area contributed by atoms with E-state index in [0.29, 0.717) is 6.42 Å². The molecule has 0 saturated carbocycles. The van der Waals surface area contributed by atoms with Crippen LogP contribution < -0.4 is 0 Å². The first-order chi connectivity index (χ1) is 13.5. The highest BCUT2D eigenvalue weighted by Gasteiger charge is 2.43. The van der Waals surface area contributed by atoms with Crippen LogP contribution in [-0.4, -0.2) is 53.4 Å². The van der Waals surface area contributed by atoms with Crippen molar-refractivity contribution in [2.45, 2.75) is 51.4 Å². The molecule has 2 heterocycles. The third-order valence-corrected chi connectivity index (χ3v) is 4.90. The number of halogens is 3. The lowest BCUT2D eigenvalue weighted by molar-refractivity contribution is -0.185. The summed E-state index contributed by atoms with van der Waals surface area (Å²) in [5.74, 6) is -3.11. The zero-order valence-electron chi connectivity index (χ0n) is 16.7. The topological polar surface area (TPSA) is 59.1 Å². The molecule has 3 rings (SSSR count). The first-order valence-electron chi connectivity index (χ1n) is 9.59. The van der Waals surface area contributed by atoms with Crippen molar-refractivity contribution in [1.29, 1.82) is 0 Å². The molecule has 0 aliphatic carbocycles. The van der Waals surface area contributed by atoms with Crippen molar-refractivity contribution in [3.8, 4) is 0 Å². The van der Waals surface area contributed by atoms with Gasteiger partial charge in [0.1, 0.15) is 23.4 Å². The first-order valence-corrected chi connectivity index (χ1v) is 9.59. The number of likely N-dealkylation sites (tertiary alicyclic amines) is 1. The average molecular weight is 414 g/mol. The van der Waals surface area contributed by atoms with E-state index >= 15 is 0 Å². The van der Waals surface area contributed by atoms with Gasteiger partial charge in [0, 0.05) is 19.0 Å². The normalized spacial score (nSPS) is 25.2. The van der Waals surface area contributed by atoms with Gasteiger partial charge in [-0.2, -0.15) is 0 Å². The summed E-state index contributed by atoms with van der Waals surface area (Å²) in [7, 11) is 0. The minimum absolute atomic E-state index is 0.101. The lowest BCUT2D eigenvalue weighted by Gasteiger charge is -2.36. The SMILES string of the molecule is CC(C)(C)OC(=O)N1CCC(C(=O)N2OCC[C@H]2c2cc(F)cc(F)c2)[C@@H](F)C1. The lowest BCUT2D eigenvalue weighted by Crippen LogP contribution is -2.51. The van der Waals surface area contributed by atoms with Crippen LogP contribution in [0.4, 0.5) is 18.0 Å². The number of carbonyl (C=O) groups is 2. The predicted molar refractivity (Wildman–Crippen MR) is 97.3 cm³/mol. The van der Waals surface area contributed by atoms with Gasteiger partial charge in [-0.05, 0) is 44.9 Å². The van der Waals surface area contributed by atoms with Crippen LogP contribution in [0, 0.1) is 17.6 Å². The highest BCUT2D eigenvalue weighted by atomic mass is 19.1. The number of hydrogen-bond donors (Lipinski definition) is 0. The number of amides is 2. The molecule has 29 heavy (non-hydrogen) atoms. The second kappa shape index (κ2) is 8.22. The average Bonchev–Trinajstić information content (AvgIpc) is 3.08. The van der Waals surface area contributed by atoms with Crippen LogP contribution in [0.25, 0.3) is 0 Å². The van der Waals surface area contributed by atoms with Gasteiger partial charge in [0.05, 0.1) is 25.1 Å². The number of ether oxygens (including phenoxy) is 1. The highest BCUT2D eigenvalue weighted by Crippen LogP contribution is 2.35. The summed E-state index contributed by atoms with van der Waals surface area (Å²) in [6, 6.07) is 2.33. The number of hydrogen-bond acceptors (Lipinski definition) is 4. The zero-order chi connectivity index (χ0) is 21.3. The van der Waals surface area contributed by atoms with Crippen molar-refractivity contribution >= 4 is 12.0 Å². The second-order valence-electron chi connectivity index (χ2n) is 8.34. The van der Waals surface area contributed by atoms with Gasteiger partial charge in [-0.15, -0.1) is 0 Å². The largest absolute Gasteiger partial charge is 0.444 e. The molecule has 2 aliphatic rings. The molecule has 2 aliphatic heterocycles. The van der Waals surface area contributed by atoms with E-state index in [2.05, 4.69) is 0 Å². The Hall–Kier alpha value is -2.29. The maximum absolute atomic E-state index is 14.8. The van der Waals surface area contributed by atoms with Crippen molar-refractivity contribution in [3.05, 3.63) is 35.4 Å². The van der Waals surface area contributed by atoms with Crippen LogP contribution in [0.15, 0.2) is 18.2 Å². The van der Waals surface area contributed by atoms with Gasteiger partial charge >= 0.3 is 6.09 Å². The van der Waals surface area contributed by atoms with Crippen molar-refractivity contribution in [1.82, 2.24) is 9.96 Å². The number of hydroxylamine groups is 2. The van der Waals surface area contributed by atoms with Gasteiger partial charge in [0.25, 0.3) is 5.91 Å². The first kappa shape index (κ1) is 21.4. The summed E-state index contributed by atoms with van der Waals surface area (Å²) in [5.41, 5.74) is -0.443. The molecular formula is C20H25F3N2O4. The number of benzene rings is 1. The van der Waals surface area contributed by atoms with Gasteiger partial charge in [-0.25, -0.2) is 23.0 Å². The van der Waals surface area contributed by atoms with Gasteiger partial charge < -0.3 is 9.64 Å². The van der Waals surface area contributed by atoms with E-state index in [1.807, 2.05) is 0 Å². The van der Waals surface area contributed by atoms with E-state index in [1.165, 1.54) is 4.90 Å². The van der Waals surface area contributed by atoms with Crippen LogP contribution in [-0.2, 0) is 14.4 Å². The maximum atomic E-state index is 14.8. The van der Waals surface area contributed by atoms with E-state index in [4.69, 9.17) is 9.57 Å². The standard InChI is InChI=1S/C20H25F3N2O4/c1-20(2,3)29-19(27)24-6-4-15(16(23)11-24)18(26)25-17(5-7-28-25)12-8-13(21)10-14(22)9-12/h8-10,15-17H,4-7,11H2,1-3H3/t15?,16-,17-/m0/s1. The van der Waals surface area contributed by atoms with E-state index < -0.39 is 47.4 Å². The summed E-state index contributed by atoms with van der Waals surface area (Å²) < 4.78 is 47.2. The summed E-state index contributed by atoms with van der Waals surface area (Å²) in [5, 5.41) is 1.02. The van der Waals surface area contributed by atoms with Crippen LogP contribution in [0.5, 0.6) is 0 Å². The van der Waals surface area contributed by atoms with E-state index in [1.54, 1.807) is 20.8 Å². The zero-order valence-corrected chi connectivity index (χ0v) is 16.7. The Labute approximate surface area is 167 Å². The smallest absolute Gasteiger partial charge is 0.410 e. The molecule has 6 nitrogen and oxygen atoms in total. The molecular weight excluding hydrogens is 389 g/mol. The predicted octanol–water partition coefficient (Wildman–Crippen LogP) is 3.76. The van der Waals surface area contributed by atoms with E-state index in [0.717, 1.165) is 23.3 Å². The van der Waals surface area contributed by atoms with E-state index in [9.17, 15) is 22.8 Å². The van der Waals surface area contributed by atoms with Crippen LogP contribution in [0.1, 0.15) is 45.2 Å². The summed E-state index contributed by atoms with van der Waals surface area (Å²) in [6.07, 6.45) is -1.78. The number of carbonyl (C=O) groups excluding carboxylic acids is 2. The number of piperidine rings is 1. The molecule has 0 aromatic heterocycles. The van der Waals surface area contributed by atoms with Crippen molar-refractivity contribution < 1.29 is 32.3 Å². The maximum Gasteiger partial charge on any atom is 0.410 e. The summed E-state index contributed by atoms with van der Waals surface area (Å²) in [6.45, 7) is 5.23. The van der Waals surface area contributed by atoms with Gasteiger partial charge in [0.2, 0.25) is 0 Å². The minimum atomic E-state index is -1.60. The third kappa shape index (κ3) is 5.01.